The van der Waals surface area contributed by atoms with E-state index in [9.17, 15) is 4.39 Å². The molecule has 0 amide bonds. The van der Waals surface area contributed by atoms with Crippen molar-refractivity contribution in [3.63, 3.8) is 0 Å². The molecule has 0 aliphatic carbocycles. The highest BCUT2D eigenvalue weighted by Gasteiger charge is 2.05. The largest absolute Gasteiger partial charge is 0.328 e. The van der Waals surface area contributed by atoms with Crippen LogP contribution in [0.4, 0.5) is 4.39 Å². The van der Waals surface area contributed by atoms with E-state index in [4.69, 9.17) is 5.73 Å². The molecule has 0 saturated carbocycles. The van der Waals surface area contributed by atoms with Gasteiger partial charge in [0.05, 0.1) is 3.57 Å². The first kappa shape index (κ1) is 9.92. The maximum atomic E-state index is 13.0. The van der Waals surface area contributed by atoms with Crippen LogP contribution in [0, 0.1) is 9.39 Å². The number of hydrogen-bond acceptors (Lipinski definition) is 1. The summed E-state index contributed by atoms with van der Waals surface area (Å²) < 4.78 is 13.7. The average molecular weight is 279 g/mol. The summed E-state index contributed by atoms with van der Waals surface area (Å²) in [5.74, 6) is -0.159. The van der Waals surface area contributed by atoms with Gasteiger partial charge >= 0.3 is 0 Å². The van der Waals surface area contributed by atoms with E-state index < -0.39 is 0 Å². The fourth-order valence-electron chi connectivity index (χ4n) is 1.05. The van der Waals surface area contributed by atoms with E-state index in [-0.39, 0.29) is 11.9 Å². The van der Waals surface area contributed by atoms with E-state index in [1.165, 1.54) is 6.07 Å². The molecule has 3 heteroatoms. The molecule has 1 aromatic rings. The SMILES string of the molecule is CC(N)Cc1cccc(F)c1I. The fraction of sp³-hybridized carbons (Fsp3) is 0.333. The van der Waals surface area contributed by atoms with Gasteiger partial charge in [-0.2, -0.15) is 0 Å². The van der Waals surface area contributed by atoms with E-state index in [0.717, 1.165) is 12.0 Å². The van der Waals surface area contributed by atoms with Crippen LogP contribution in [0.15, 0.2) is 18.2 Å². The van der Waals surface area contributed by atoms with Crippen molar-refractivity contribution in [1.29, 1.82) is 0 Å². The Bertz CT molecular complexity index is 273. The van der Waals surface area contributed by atoms with Crippen LogP contribution in [0.2, 0.25) is 0 Å². The van der Waals surface area contributed by atoms with E-state index >= 15 is 0 Å². The lowest BCUT2D eigenvalue weighted by atomic mass is 10.1. The van der Waals surface area contributed by atoms with Crippen LogP contribution in [-0.2, 0) is 6.42 Å². The quantitative estimate of drug-likeness (QED) is 0.826. The molecule has 0 aromatic heterocycles. The number of rotatable bonds is 2. The van der Waals surface area contributed by atoms with Crippen molar-refractivity contribution >= 4 is 22.6 Å². The molecule has 0 radical (unpaired) electrons. The molecule has 0 spiro atoms. The minimum absolute atomic E-state index is 0.0836. The zero-order chi connectivity index (χ0) is 9.14. The molecular weight excluding hydrogens is 268 g/mol. The Balaban J connectivity index is 2.92. The third kappa shape index (κ3) is 2.42. The summed E-state index contributed by atoms with van der Waals surface area (Å²) in [6.45, 7) is 1.92. The lowest BCUT2D eigenvalue weighted by Gasteiger charge is -2.07. The fourth-order valence-corrected chi connectivity index (χ4v) is 1.63. The number of benzene rings is 1. The van der Waals surface area contributed by atoms with Crippen LogP contribution in [0.25, 0.3) is 0 Å². The van der Waals surface area contributed by atoms with Gasteiger partial charge in [-0.15, -0.1) is 0 Å². The van der Waals surface area contributed by atoms with Gasteiger partial charge in [0.15, 0.2) is 0 Å². The lowest BCUT2D eigenvalue weighted by Crippen LogP contribution is -2.18. The highest BCUT2D eigenvalue weighted by atomic mass is 127. The van der Waals surface area contributed by atoms with Gasteiger partial charge in [0.25, 0.3) is 0 Å². The maximum absolute atomic E-state index is 13.0. The van der Waals surface area contributed by atoms with E-state index in [2.05, 4.69) is 0 Å². The zero-order valence-corrected chi connectivity index (χ0v) is 9.01. The highest BCUT2D eigenvalue weighted by molar-refractivity contribution is 14.1. The van der Waals surface area contributed by atoms with Crippen LogP contribution in [0.3, 0.4) is 0 Å². The van der Waals surface area contributed by atoms with Crippen LogP contribution in [0.5, 0.6) is 0 Å². The predicted octanol–water partition coefficient (Wildman–Crippen LogP) is 2.32. The zero-order valence-electron chi connectivity index (χ0n) is 6.85. The highest BCUT2D eigenvalue weighted by Crippen LogP contribution is 2.16. The van der Waals surface area contributed by atoms with Gasteiger partial charge < -0.3 is 5.73 Å². The van der Waals surface area contributed by atoms with Gasteiger partial charge in [0.1, 0.15) is 5.82 Å². The van der Waals surface area contributed by atoms with Gasteiger partial charge in [-0.05, 0) is 47.6 Å². The second kappa shape index (κ2) is 4.18. The van der Waals surface area contributed by atoms with Crippen molar-refractivity contribution in [3.8, 4) is 0 Å². The van der Waals surface area contributed by atoms with Crippen LogP contribution >= 0.6 is 22.6 Å². The molecule has 1 nitrogen and oxygen atoms in total. The Labute approximate surface area is 85.3 Å². The lowest BCUT2D eigenvalue weighted by molar-refractivity contribution is 0.614. The maximum Gasteiger partial charge on any atom is 0.136 e. The van der Waals surface area contributed by atoms with Gasteiger partial charge in [-0.3, -0.25) is 0 Å². The van der Waals surface area contributed by atoms with Crippen LogP contribution < -0.4 is 5.73 Å². The molecular formula is C9H11FIN. The molecule has 1 aromatic carbocycles. The molecule has 0 bridgehead atoms. The Morgan fingerprint density at radius 3 is 2.83 bits per heavy atom. The molecule has 0 aliphatic rings. The van der Waals surface area contributed by atoms with Gasteiger partial charge in [0.2, 0.25) is 0 Å². The standard InChI is InChI=1S/C9H11FIN/c1-6(12)5-7-3-2-4-8(10)9(7)11/h2-4,6H,5,12H2,1H3. The molecule has 0 fully saturated rings. The summed E-state index contributed by atoms with van der Waals surface area (Å²) in [5, 5.41) is 0. The van der Waals surface area contributed by atoms with Crippen molar-refractivity contribution < 1.29 is 4.39 Å². The smallest absolute Gasteiger partial charge is 0.136 e. The normalized spacial score (nSPS) is 13.0. The minimum Gasteiger partial charge on any atom is -0.328 e. The van der Waals surface area contributed by atoms with Gasteiger partial charge in [-0.1, -0.05) is 12.1 Å². The van der Waals surface area contributed by atoms with Crippen molar-refractivity contribution in [1.82, 2.24) is 0 Å². The van der Waals surface area contributed by atoms with Crippen LogP contribution in [-0.4, -0.2) is 6.04 Å². The Kier molecular flexibility index (Phi) is 3.46. The van der Waals surface area contributed by atoms with E-state index in [1.807, 2.05) is 35.6 Å². The number of nitrogens with two attached hydrogens (primary N) is 1. The Morgan fingerprint density at radius 2 is 2.25 bits per heavy atom. The molecule has 0 saturated heterocycles. The summed E-state index contributed by atoms with van der Waals surface area (Å²) in [7, 11) is 0. The van der Waals surface area contributed by atoms with Gasteiger partial charge in [0, 0.05) is 6.04 Å². The van der Waals surface area contributed by atoms with Crippen molar-refractivity contribution in [3.05, 3.63) is 33.1 Å². The minimum atomic E-state index is -0.159. The molecule has 1 rings (SSSR count). The Hall–Kier alpha value is -0.160. The second-order valence-corrected chi connectivity index (χ2v) is 3.97. The topological polar surface area (TPSA) is 26.0 Å². The van der Waals surface area contributed by atoms with Crippen molar-refractivity contribution in [2.24, 2.45) is 5.73 Å². The first-order valence-corrected chi connectivity index (χ1v) is 4.87. The molecule has 12 heavy (non-hydrogen) atoms. The molecule has 0 heterocycles. The average Bonchev–Trinajstić information content (AvgIpc) is 1.98. The number of halogens is 2. The van der Waals surface area contributed by atoms with E-state index in [1.54, 1.807) is 6.07 Å². The summed E-state index contributed by atoms with van der Waals surface area (Å²) in [5.41, 5.74) is 6.61. The second-order valence-electron chi connectivity index (χ2n) is 2.89. The molecule has 1 atom stereocenters. The molecule has 66 valence electrons. The predicted molar refractivity (Wildman–Crippen MR) is 56.5 cm³/mol. The van der Waals surface area contributed by atoms with Gasteiger partial charge in [-0.25, -0.2) is 4.39 Å². The number of hydrogen-bond donors (Lipinski definition) is 1. The van der Waals surface area contributed by atoms with Crippen molar-refractivity contribution in [2.75, 3.05) is 0 Å². The third-order valence-corrected chi connectivity index (χ3v) is 2.78. The monoisotopic (exact) mass is 279 g/mol. The van der Waals surface area contributed by atoms with Crippen molar-refractivity contribution in [2.45, 2.75) is 19.4 Å². The summed E-state index contributed by atoms with van der Waals surface area (Å²) in [4.78, 5) is 0. The summed E-state index contributed by atoms with van der Waals surface area (Å²) in [6.07, 6.45) is 0.732. The van der Waals surface area contributed by atoms with E-state index in [0.29, 0.717) is 3.57 Å². The molecule has 1 unspecified atom stereocenters. The summed E-state index contributed by atoms with van der Waals surface area (Å²) in [6, 6.07) is 5.18. The van der Waals surface area contributed by atoms with Crippen LogP contribution in [0.1, 0.15) is 12.5 Å². The Morgan fingerprint density at radius 1 is 1.58 bits per heavy atom. The molecule has 2 N–H and O–H groups in total. The first-order chi connectivity index (χ1) is 5.61. The third-order valence-electron chi connectivity index (χ3n) is 1.57. The summed E-state index contributed by atoms with van der Waals surface area (Å²) >= 11 is 2.01. The first-order valence-electron chi connectivity index (χ1n) is 3.79. The molecule has 0 aliphatic heterocycles.